The van der Waals surface area contributed by atoms with Gasteiger partial charge in [0.15, 0.2) is 0 Å². The second-order valence-corrected chi connectivity index (χ2v) is 15.3. The summed E-state index contributed by atoms with van der Waals surface area (Å²) >= 11 is 0. The molecule has 0 aliphatic rings. The fourth-order valence-corrected chi connectivity index (χ4v) is 8.87. The fourth-order valence-electron chi connectivity index (χ4n) is 8.87. The first kappa shape index (κ1) is 35.2. The van der Waals surface area contributed by atoms with E-state index in [1.165, 1.54) is 77.1 Å². The average Bonchev–Trinajstić information content (AvgIpc) is 3.67. The number of para-hydroxylation sites is 1. The minimum atomic E-state index is 1.11. The monoisotopic (exact) mass is 764 g/mol. The summed E-state index contributed by atoms with van der Waals surface area (Å²) in [7, 11) is 0. The number of benzene rings is 10. The minimum absolute atomic E-state index is 1.11. The number of rotatable bonds is 8. The first-order valence-electron chi connectivity index (χ1n) is 20.6. The summed E-state index contributed by atoms with van der Waals surface area (Å²) in [5, 5.41) is 4.98. The molecule has 0 N–H and O–H groups in total. The van der Waals surface area contributed by atoms with Gasteiger partial charge in [0.25, 0.3) is 0 Å². The van der Waals surface area contributed by atoms with Crippen molar-refractivity contribution in [3.05, 3.63) is 243 Å². The first-order valence-corrected chi connectivity index (χ1v) is 20.6. The van der Waals surface area contributed by atoms with Crippen molar-refractivity contribution in [1.29, 1.82) is 0 Å². The smallest absolute Gasteiger partial charge is 0.0619 e. The van der Waals surface area contributed by atoms with E-state index >= 15 is 0 Å². The predicted molar refractivity (Wildman–Crippen MR) is 255 cm³/mol. The van der Waals surface area contributed by atoms with Crippen molar-refractivity contribution in [3.63, 3.8) is 0 Å². The summed E-state index contributed by atoms with van der Waals surface area (Å²) in [6, 6.07) is 87.7. The lowest BCUT2D eigenvalue weighted by atomic mass is 9.94. The second-order valence-electron chi connectivity index (χ2n) is 15.3. The van der Waals surface area contributed by atoms with Crippen LogP contribution < -0.4 is 4.90 Å². The van der Waals surface area contributed by atoms with Crippen molar-refractivity contribution < 1.29 is 0 Å². The summed E-state index contributed by atoms with van der Waals surface area (Å²) in [5.74, 6) is 0. The summed E-state index contributed by atoms with van der Waals surface area (Å²) in [5.41, 5.74) is 16.5. The van der Waals surface area contributed by atoms with Crippen LogP contribution in [0.5, 0.6) is 0 Å². The van der Waals surface area contributed by atoms with Gasteiger partial charge >= 0.3 is 0 Å². The zero-order chi connectivity index (χ0) is 39.8. The van der Waals surface area contributed by atoms with Gasteiger partial charge in [0, 0.05) is 38.9 Å². The molecule has 10 aromatic carbocycles. The summed E-state index contributed by atoms with van der Waals surface area (Å²) in [6.45, 7) is 0. The molecular weight excluding hydrogens is 725 g/mol. The van der Waals surface area contributed by atoms with Crippen LogP contribution in [0.3, 0.4) is 0 Å². The van der Waals surface area contributed by atoms with Gasteiger partial charge in [-0.15, -0.1) is 0 Å². The molecule has 11 rings (SSSR count). The van der Waals surface area contributed by atoms with Crippen LogP contribution in [0.1, 0.15) is 0 Å². The molecule has 0 atom stereocenters. The summed E-state index contributed by atoms with van der Waals surface area (Å²) < 4.78 is 2.46. The van der Waals surface area contributed by atoms with E-state index in [0.717, 1.165) is 22.7 Å². The highest BCUT2D eigenvalue weighted by molar-refractivity contribution is 6.22. The summed E-state index contributed by atoms with van der Waals surface area (Å²) in [4.78, 5) is 2.32. The van der Waals surface area contributed by atoms with E-state index in [9.17, 15) is 0 Å². The molecule has 0 saturated carbocycles. The SMILES string of the molecule is c1ccc(-c2ccc(N(c3ccccc3)c3ccc(-c4ccc(-n5c6ccc(-c7ccccc7)cc6c6cc(-c7ccccc7)c7ccccc7c65)cc4)cc3)cc2)cc1. The molecule has 0 amide bonds. The van der Waals surface area contributed by atoms with Crippen LogP contribution in [0.2, 0.25) is 0 Å². The highest BCUT2D eigenvalue weighted by atomic mass is 15.1. The van der Waals surface area contributed by atoms with Crippen LogP contribution in [0.25, 0.3) is 82.8 Å². The lowest BCUT2D eigenvalue weighted by Crippen LogP contribution is -2.09. The quantitative estimate of drug-likeness (QED) is 0.150. The second kappa shape index (κ2) is 15.1. The molecule has 1 heterocycles. The molecule has 0 aliphatic carbocycles. The Hall–Kier alpha value is -7.94. The largest absolute Gasteiger partial charge is 0.311 e. The molecule has 0 saturated heterocycles. The van der Waals surface area contributed by atoms with Crippen LogP contribution in [0.4, 0.5) is 17.1 Å². The molecule has 1 aromatic heterocycles. The van der Waals surface area contributed by atoms with Gasteiger partial charge in [0.2, 0.25) is 0 Å². The predicted octanol–water partition coefficient (Wildman–Crippen LogP) is 16.1. The Morgan fingerprint density at radius 1 is 0.267 bits per heavy atom. The van der Waals surface area contributed by atoms with E-state index in [1.807, 2.05) is 0 Å². The zero-order valence-electron chi connectivity index (χ0n) is 33.0. The Labute approximate surface area is 350 Å². The standard InChI is InChI=1S/C58H40N2/c1-5-15-41(16-6-1)43-25-32-49(33-26-43)59(48-21-11-4-12-22-48)50-34-27-44(28-35-50)45-29-36-51(37-30-45)60-57-38-31-47(42-17-7-2-8-18-42)39-55(57)56-40-54(46-19-9-3-10-20-46)52-23-13-14-24-53(52)58(56)60/h1-40H. The maximum Gasteiger partial charge on any atom is 0.0619 e. The van der Waals surface area contributed by atoms with Crippen molar-refractivity contribution in [1.82, 2.24) is 4.57 Å². The van der Waals surface area contributed by atoms with Crippen LogP contribution in [-0.4, -0.2) is 4.57 Å². The number of hydrogen-bond donors (Lipinski definition) is 0. The molecule has 11 aromatic rings. The molecule has 282 valence electrons. The Bertz CT molecular complexity index is 3240. The molecule has 0 bridgehead atoms. The van der Waals surface area contributed by atoms with Gasteiger partial charge in [-0.2, -0.15) is 0 Å². The van der Waals surface area contributed by atoms with Crippen LogP contribution >= 0.6 is 0 Å². The fraction of sp³-hybridized carbons (Fsp3) is 0. The normalized spacial score (nSPS) is 11.3. The van der Waals surface area contributed by atoms with Crippen molar-refractivity contribution in [3.8, 4) is 50.2 Å². The highest BCUT2D eigenvalue weighted by Crippen LogP contribution is 2.43. The molecule has 2 nitrogen and oxygen atoms in total. The topological polar surface area (TPSA) is 8.17 Å². The van der Waals surface area contributed by atoms with E-state index in [0.29, 0.717) is 0 Å². The average molecular weight is 765 g/mol. The number of anilines is 3. The Morgan fingerprint density at radius 2 is 0.683 bits per heavy atom. The highest BCUT2D eigenvalue weighted by Gasteiger charge is 2.19. The molecule has 0 unspecified atom stereocenters. The molecule has 0 fully saturated rings. The van der Waals surface area contributed by atoms with E-state index < -0.39 is 0 Å². The van der Waals surface area contributed by atoms with E-state index in [4.69, 9.17) is 0 Å². The van der Waals surface area contributed by atoms with Crippen molar-refractivity contribution in [2.24, 2.45) is 0 Å². The van der Waals surface area contributed by atoms with Gasteiger partial charge < -0.3 is 9.47 Å². The molecule has 60 heavy (non-hydrogen) atoms. The zero-order valence-corrected chi connectivity index (χ0v) is 33.0. The number of aromatic nitrogens is 1. The third-order valence-corrected chi connectivity index (χ3v) is 11.8. The number of nitrogens with zero attached hydrogens (tertiary/aromatic N) is 2. The third kappa shape index (κ3) is 6.32. The lowest BCUT2D eigenvalue weighted by Gasteiger charge is -2.26. The molecule has 0 radical (unpaired) electrons. The molecular formula is C58H40N2. The van der Waals surface area contributed by atoms with Crippen molar-refractivity contribution in [2.45, 2.75) is 0 Å². The number of fused-ring (bicyclic) bond motifs is 5. The van der Waals surface area contributed by atoms with Gasteiger partial charge in [0.1, 0.15) is 0 Å². The van der Waals surface area contributed by atoms with Crippen molar-refractivity contribution >= 4 is 49.6 Å². The Morgan fingerprint density at radius 3 is 1.25 bits per heavy atom. The van der Waals surface area contributed by atoms with E-state index in [-0.39, 0.29) is 0 Å². The Balaban J connectivity index is 0.996. The minimum Gasteiger partial charge on any atom is -0.311 e. The maximum atomic E-state index is 2.46. The molecule has 0 spiro atoms. The van der Waals surface area contributed by atoms with Crippen LogP contribution in [0.15, 0.2) is 243 Å². The first-order chi connectivity index (χ1) is 29.8. The lowest BCUT2D eigenvalue weighted by molar-refractivity contribution is 1.19. The van der Waals surface area contributed by atoms with Crippen LogP contribution in [-0.2, 0) is 0 Å². The van der Waals surface area contributed by atoms with Gasteiger partial charge in [0.05, 0.1) is 11.0 Å². The van der Waals surface area contributed by atoms with Gasteiger partial charge in [-0.05, 0) is 117 Å². The third-order valence-electron chi connectivity index (χ3n) is 11.8. The maximum absolute atomic E-state index is 2.46. The van der Waals surface area contributed by atoms with E-state index in [2.05, 4.69) is 252 Å². The Kier molecular flexibility index (Phi) is 8.87. The van der Waals surface area contributed by atoms with Gasteiger partial charge in [-0.25, -0.2) is 0 Å². The number of hydrogen-bond acceptors (Lipinski definition) is 1. The van der Waals surface area contributed by atoms with Gasteiger partial charge in [-0.3, -0.25) is 0 Å². The molecule has 2 heteroatoms. The van der Waals surface area contributed by atoms with Crippen LogP contribution in [0, 0.1) is 0 Å². The molecule has 0 aliphatic heterocycles. The summed E-state index contributed by atoms with van der Waals surface area (Å²) in [6.07, 6.45) is 0. The van der Waals surface area contributed by atoms with Crippen molar-refractivity contribution in [2.75, 3.05) is 4.90 Å². The van der Waals surface area contributed by atoms with E-state index in [1.54, 1.807) is 0 Å². The van der Waals surface area contributed by atoms with Gasteiger partial charge in [-0.1, -0.05) is 176 Å².